The third kappa shape index (κ3) is 3.25. The molecule has 0 aromatic carbocycles. The van der Waals surface area contributed by atoms with Crippen molar-refractivity contribution >= 4 is 23.4 Å². The lowest BCUT2D eigenvalue weighted by Crippen LogP contribution is -2.10. The Morgan fingerprint density at radius 1 is 1.67 bits per heavy atom. The highest BCUT2D eigenvalue weighted by Gasteiger charge is 2.10. The van der Waals surface area contributed by atoms with Crippen molar-refractivity contribution < 1.29 is 9.90 Å². The van der Waals surface area contributed by atoms with Crippen molar-refractivity contribution in [3.63, 3.8) is 0 Å². The highest BCUT2D eigenvalue weighted by atomic mass is 35.5. The zero-order valence-corrected chi connectivity index (χ0v) is 9.01. The van der Waals surface area contributed by atoms with E-state index < -0.39 is 5.97 Å². The van der Waals surface area contributed by atoms with Crippen LogP contribution in [0.3, 0.4) is 0 Å². The summed E-state index contributed by atoms with van der Waals surface area (Å²) < 4.78 is 0. The van der Waals surface area contributed by atoms with Crippen LogP contribution in [0.1, 0.15) is 16.1 Å². The number of aryl methyl sites for hydroxylation is 1. The van der Waals surface area contributed by atoms with Crippen LogP contribution in [-0.2, 0) is 0 Å². The fraction of sp³-hybridized carbons (Fsp3) is 0.200. The molecule has 1 rings (SSSR count). The van der Waals surface area contributed by atoms with Crippen LogP contribution in [0.2, 0.25) is 0 Å². The van der Waals surface area contributed by atoms with Gasteiger partial charge in [-0.15, -0.1) is 0 Å². The number of carbonyl (C=O) groups is 1. The monoisotopic (exact) mass is 226 g/mol. The Morgan fingerprint density at radius 3 is 2.87 bits per heavy atom. The van der Waals surface area contributed by atoms with Gasteiger partial charge in [-0.25, -0.2) is 9.78 Å². The molecule has 0 aliphatic rings. The molecule has 0 aliphatic heterocycles. The fourth-order valence-electron chi connectivity index (χ4n) is 1.04. The van der Waals surface area contributed by atoms with Gasteiger partial charge in [0.15, 0.2) is 0 Å². The zero-order chi connectivity index (χ0) is 11.4. The van der Waals surface area contributed by atoms with Crippen LogP contribution < -0.4 is 5.32 Å². The van der Waals surface area contributed by atoms with Gasteiger partial charge in [-0.2, -0.15) is 0 Å². The molecule has 2 N–H and O–H groups in total. The first-order valence-corrected chi connectivity index (χ1v) is 4.66. The molecule has 1 aromatic rings. The summed E-state index contributed by atoms with van der Waals surface area (Å²) in [5.41, 5.74) is 0.862. The number of halogens is 1. The number of hydrogen-bond acceptors (Lipinski definition) is 3. The molecule has 0 aliphatic carbocycles. The Bertz CT molecular complexity index is 404. The van der Waals surface area contributed by atoms with E-state index in [1.165, 1.54) is 6.07 Å². The zero-order valence-electron chi connectivity index (χ0n) is 8.25. The first-order chi connectivity index (χ1) is 7.00. The summed E-state index contributed by atoms with van der Waals surface area (Å²) in [5, 5.41) is 12.1. The number of carboxylic acids is 1. The van der Waals surface area contributed by atoms with Crippen molar-refractivity contribution in [3.8, 4) is 0 Å². The molecule has 80 valence electrons. The highest BCUT2D eigenvalue weighted by molar-refractivity contribution is 6.29. The van der Waals surface area contributed by atoms with Gasteiger partial charge < -0.3 is 10.4 Å². The summed E-state index contributed by atoms with van der Waals surface area (Å²) in [6.07, 6.45) is 0. The molecule has 0 spiro atoms. The Hall–Kier alpha value is -1.55. The molecule has 5 heteroatoms. The molecule has 0 fully saturated rings. The number of aromatic carboxylic acids is 1. The molecule has 0 bridgehead atoms. The summed E-state index contributed by atoms with van der Waals surface area (Å²) in [5.74, 6) is -0.713. The number of aromatic nitrogens is 1. The van der Waals surface area contributed by atoms with Crippen LogP contribution in [0.4, 0.5) is 5.82 Å². The smallest absolute Gasteiger partial charge is 0.339 e. The number of anilines is 1. The van der Waals surface area contributed by atoms with Gasteiger partial charge in [0.25, 0.3) is 0 Å². The van der Waals surface area contributed by atoms with Gasteiger partial charge in [0.05, 0.1) is 6.54 Å². The average Bonchev–Trinajstić information content (AvgIpc) is 2.14. The number of hydrogen-bond donors (Lipinski definition) is 2. The molecule has 15 heavy (non-hydrogen) atoms. The third-order valence-electron chi connectivity index (χ3n) is 1.71. The molecule has 0 radical (unpaired) electrons. The second-order valence-corrected chi connectivity index (χ2v) is 3.56. The summed E-state index contributed by atoms with van der Waals surface area (Å²) in [6, 6.07) is 3.15. The lowest BCUT2D eigenvalue weighted by Gasteiger charge is -2.08. The fourth-order valence-corrected chi connectivity index (χ4v) is 1.11. The average molecular weight is 227 g/mol. The first-order valence-electron chi connectivity index (χ1n) is 4.29. The number of nitrogens with one attached hydrogen (secondary N) is 1. The first kappa shape index (κ1) is 11.5. The molecule has 0 saturated heterocycles. The second kappa shape index (κ2) is 4.79. The van der Waals surface area contributed by atoms with Crippen LogP contribution >= 0.6 is 11.6 Å². The van der Waals surface area contributed by atoms with Gasteiger partial charge in [-0.05, 0) is 19.1 Å². The summed E-state index contributed by atoms with van der Waals surface area (Å²) in [6.45, 7) is 5.57. The third-order valence-corrected chi connectivity index (χ3v) is 1.85. The van der Waals surface area contributed by atoms with E-state index in [4.69, 9.17) is 16.7 Å². The quantitative estimate of drug-likeness (QED) is 0.827. The van der Waals surface area contributed by atoms with E-state index in [0.29, 0.717) is 10.9 Å². The molecule has 0 unspecified atom stereocenters. The van der Waals surface area contributed by atoms with Crippen LogP contribution in [0, 0.1) is 6.92 Å². The lowest BCUT2D eigenvalue weighted by atomic mass is 10.2. The van der Waals surface area contributed by atoms with E-state index in [2.05, 4.69) is 16.9 Å². The van der Waals surface area contributed by atoms with Crippen LogP contribution in [0.5, 0.6) is 0 Å². The predicted molar refractivity (Wildman–Crippen MR) is 59.4 cm³/mol. The molecular formula is C10H11ClN2O2. The van der Waals surface area contributed by atoms with Gasteiger partial charge in [-0.3, -0.25) is 0 Å². The van der Waals surface area contributed by atoms with Gasteiger partial charge in [0, 0.05) is 10.7 Å². The largest absolute Gasteiger partial charge is 0.478 e. The molecule has 1 heterocycles. The van der Waals surface area contributed by atoms with Crippen molar-refractivity contribution in [2.24, 2.45) is 0 Å². The van der Waals surface area contributed by atoms with Gasteiger partial charge in [0.1, 0.15) is 11.4 Å². The van der Waals surface area contributed by atoms with Gasteiger partial charge in [-0.1, -0.05) is 18.2 Å². The Labute approximate surface area is 92.6 Å². The summed E-state index contributed by atoms with van der Waals surface area (Å²) >= 11 is 5.57. The molecule has 0 atom stereocenters. The van der Waals surface area contributed by atoms with Crippen LogP contribution in [0.15, 0.2) is 23.7 Å². The maximum Gasteiger partial charge on any atom is 0.339 e. The number of carboxylic acid groups (broad SMARTS) is 1. The maximum absolute atomic E-state index is 10.8. The topological polar surface area (TPSA) is 62.2 Å². The van der Waals surface area contributed by atoms with Crippen molar-refractivity contribution in [2.45, 2.75) is 6.92 Å². The summed E-state index contributed by atoms with van der Waals surface area (Å²) in [7, 11) is 0. The van der Waals surface area contributed by atoms with Gasteiger partial charge in [0.2, 0.25) is 0 Å². The van der Waals surface area contributed by atoms with E-state index in [1.54, 1.807) is 13.0 Å². The number of rotatable bonds is 4. The van der Waals surface area contributed by atoms with Crippen molar-refractivity contribution in [3.05, 3.63) is 35.0 Å². The number of pyridine rings is 1. The van der Waals surface area contributed by atoms with Crippen molar-refractivity contribution in [2.75, 3.05) is 11.9 Å². The maximum atomic E-state index is 10.8. The minimum absolute atomic E-state index is 0.124. The molecule has 1 aromatic heterocycles. The Morgan fingerprint density at radius 2 is 2.33 bits per heavy atom. The van der Waals surface area contributed by atoms with E-state index in [1.807, 2.05) is 0 Å². The normalized spacial score (nSPS) is 9.73. The molecule has 0 saturated carbocycles. The number of nitrogens with zero attached hydrogens (tertiary/aromatic N) is 1. The highest BCUT2D eigenvalue weighted by Crippen LogP contribution is 2.14. The SMILES string of the molecule is C=C(Cl)CNc1nc(C)ccc1C(=O)O. The Kier molecular flexibility index (Phi) is 3.68. The van der Waals surface area contributed by atoms with E-state index in [9.17, 15) is 4.79 Å². The van der Waals surface area contributed by atoms with Crippen LogP contribution in [-0.4, -0.2) is 22.6 Å². The summed E-state index contributed by atoms with van der Waals surface area (Å²) in [4.78, 5) is 14.9. The minimum atomic E-state index is -1.02. The van der Waals surface area contributed by atoms with Crippen molar-refractivity contribution in [1.82, 2.24) is 4.98 Å². The molecular weight excluding hydrogens is 216 g/mol. The second-order valence-electron chi connectivity index (χ2n) is 3.02. The Balaban J connectivity index is 2.96. The standard InChI is InChI=1S/C10H11ClN2O2/c1-6(11)5-12-9-8(10(14)15)4-3-7(2)13-9/h3-4H,1,5H2,2H3,(H,12,13)(H,14,15). The lowest BCUT2D eigenvalue weighted by molar-refractivity contribution is 0.0697. The molecule has 4 nitrogen and oxygen atoms in total. The van der Waals surface area contributed by atoms with Crippen molar-refractivity contribution in [1.29, 1.82) is 0 Å². The van der Waals surface area contributed by atoms with E-state index in [-0.39, 0.29) is 12.1 Å². The van der Waals surface area contributed by atoms with Gasteiger partial charge >= 0.3 is 5.97 Å². The molecule has 0 amide bonds. The van der Waals surface area contributed by atoms with E-state index >= 15 is 0 Å². The predicted octanol–water partition coefficient (Wildman–Crippen LogP) is 2.25. The van der Waals surface area contributed by atoms with E-state index in [0.717, 1.165) is 5.69 Å². The van der Waals surface area contributed by atoms with Crippen LogP contribution in [0.25, 0.3) is 0 Å². The minimum Gasteiger partial charge on any atom is -0.478 e.